The van der Waals surface area contributed by atoms with Crippen LogP contribution in [0.25, 0.3) is 21.9 Å². The maximum atomic E-state index is 14.1. The molecule has 0 aliphatic carbocycles. The van der Waals surface area contributed by atoms with Gasteiger partial charge < -0.3 is 30.7 Å². The number of nitrogens with one attached hydrogen (secondary N) is 2. The third-order valence-corrected chi connectivity index (χ3v) is 11.8. The molecule has 0 radical (unpaired) electrons. The van der Waals surface area contributed by atoms with Gasteiger partial charge in [-0.1, -0.05) is 24.6 Å². The molecule has 0 unspecified atom stereocenters. The summed E-state index contributed by atoms with van der Waals surface area (Å²) in [6, 6.07) is 11.1. The van der Waals surface area contributed by atoms with E-state index in [9.17, 15) is 14.4 Å². The lowest BCUT2D eigenvalue weighted by atomic mass is 9.98. The Hall–Kier alpha value is -3.42. The number of benzene rings is 2. The van der Waals surface area contributed by atoms with Crippen LogP contribution in [0, 0.1) is 0 Å². The van der Waals surface area contributed by atoms with Gasteiger partial charge in [-0.05, 0) is 107 Å². The summed E-state index contributed by atoms with van der Waals surface area (Å²) in [5, 5.41) is 4.02. The first-order valence-corrected chi connectivity index (χ1v) is 18.6. The number of H-pyrrole nitrogens is 1. The van der Waals surface area contributed by atoms with E-state index in [4.69, 9.17) is 5.73 Å². The minimum Gasteiger partial charge on any atom is -0.397 e. The summed E-state index contributed by atoms with van der Waals surface area (Å²) in [6.45, 7) is 4.62. The second kappa shape index (κ2) is 14.2. The van der Waals surface area contributed by atoms with Crippen LogP contribution in [0.3, 0.4) is 0 Å². The van der Waals surface area contributed by atoms with Gasteiger partial charge >= 0.3 is 11.7 Å². The number of hydrogen-bond acceptors (Lipinski definition) is 6. The Labute approximate surface area is 296 Å². The van der Waals surface area contributed by atoms with E-state index in [1.165, 1.54) is 19.3 Å². The number of carbonyl (C=O) groups is 2. The summed E-state index contributed by atoms with van der Waals surface area (Å²) in [7, 11) is 0. The summed E-state index contributed by atoms with van der Waals surface area (Å²) in [4.78, 5) is 54.9. The SMILES string of the molecule is Nc1c(Br)cc(C[C@H](NC(=O)N2CCC(n3c(=O)[nH]c4c5ccccc5ncc43)CC2)C(=O)N2CCC(N3CCCCC3)CC2)cc1Br. The molecule has 3 aliphatic rings. The molecule has 48 heavy (non-hydrogen) atoms. The van der Waals surface area contributed by atoms with Crippen LogP contribution >= 0.6 is 31.9 Å². The Morgan fingerprint density at radius 3 is 2.27 bits per heavy atom. The molecular weight excluding hydrogens is 740 g/mol. The molecule has 3 saturated heterocycles. The second-order valence-electron chi connectivity index (χ2n) is 13.4. The molecule has 7 rings (SSSR count). The molecule has 254 valence electrons. The second-order valence-corrected chi connectivity index (χ2v) is 15.1. The van der Waals surface area contributed by atoms with Gasteiger partial charge in [0.05, 0.1) is 28.4 Å². The van der Waals surface area contributed by atoms with Crippen LogP contribution in [0.1, 0.15) is 56.6 Å². The van der Waals surface area contributed by atoms with Crippen LogP contribution < -0.4 is 16.7 Å². The van der Waals surface area contributed by atoms with Gasteiger partial charge in [0.25, 0.3) is 0 Å². The number of nitrogens with two attached hydrogens (primary N) is 1. The number of halogens is 2. The van der Waals surface area contributed by atoms with Crippen molar-refractivity contribution in [2.45, 2.75) is 69.5 Å². The molecule has 3 aliphatic heterocycles. The summed E-state index contributed by atoms with van der Waals surface area (Å²) in [6.07, 6.45) is 9.06. The first kappa shape index (κ1) is 33.1. The average Bonchev–Trinajstić information content (AvgIpc) is 3.46. The van der Waals surface area contributed by atoms with Crippen molar-refractivity contribution < 1.29 is 9.59 Å². The van der Waals surface area contributed by atoms with Crippen LogP contribution in [-0.4, -0.2) is 92.5 Å². The highest BCUT2D eigenvalue weighted by atomic mass is 79.9. The van der Waals surface area contributed by atoms with Crippen molar-refractivity contribution in [1.82, 2.24) is 34.6 Å². The molecule has 1 atom stereocenters. The number of fused-ring (bicyclic) bond motifs is 3. The Bertz CT molecular complexity index is 1850. The lowest BCUT2D eigenvalue weighted by Gasteiger charge is -2.41. The van der Waals surface area contributed by atoms with Crippen LogP contribution in [-0.2, 0) is 11.2 Å². The molecule has 3 amide bonds. The first-order valence-electron chi connectivity index (χ1n) is 17.1. The van der Waals surface area contributed by atoms with E-state index in [2.05, 4.69) is 52.0 Å². The predicted octanol–water partition coefficient (Wildman–Crippen LogP) is 5.42. The highest BCUT2D eigenvalue weighted by molar-refractivity contribution is 9.11. The van der Waals surface area contributed by atoms with Gasteiger partial charge in [-0.2, -0.15) is 0 Å². The zero-order chi connectivity index (χ0) is 33.4. The van der Waals surface area contributed by atoms with Crippen molar-refractivity contribution in [3.05, 3.63) is 67.6 Å². The third-order valence-electron chi connectivity index (χ3n) is 10.4. The Morgan fingerprint density at radius 1 is 0.917 bits per heavy atom. The highest BCUT2D eigenvalue weighted by Gasteiger charge is 2.34. The number of aromatic nitrogens is 3. The Kier molecular flexibility index (Phi) is 9.79. The van der Waals surface area contributed by atoms with E-state index in [1.54, 1.807) is 15.7 Å². The maximum Gasteiger partial charge on any atom is 0.326 e. The molecule has 2 aromatic heterocycles. The quantitative estimate of drug-likeness (QED) is 0.224. The number of hydrogen-bond donors (Lipinski definition) is 3. The smallest absolute Gasteiger partial charge is 0.326 e. The fourth-order valence-electron chi connectivity index (χ4n) is 7.80. The number of rotatable bonds is 6. The van der Waals surface area contributed by atoms with Crippen LogP contribution in [0.4, 0.5) is 10.5 Å². The zero-order valence-electron chi connectivity index (χ0n) is 27.0. The van der Waals surface area contributed by atoms with E-state index in [1.807, 2.05) is 41.3 Å². The number of imidazole rings is 1. The number of nitrogen functional groups attached to an aromatic ring is 1. The predicted molar refractivity (Wildman–Crippen MR) is 195 cm³/mol. The number of carbonyl (C=O) groups excluding carboxylic acids is 2. The zero-order valence-corrected chi connectivity index (χ0v) is 30.1. The molecule has 3 fully saturated rings. The van der Waals surface area contributed by atoms with Gasteiger partial charge in [0.2, 0.25) is 5.91 Å². The lowest BCUT2D eigenvalue weighted by Crippen LogP contribution is -2.56. The molecule has 5 heterocycles. The molecule has 0 spiro atoms. The van der Waals surface area contributed by atoms with Crippen molar-refractivity contribution in [2.75, 3.05) is 45.0 Å². The number of para-hydroxylation sites is 1. The number of aromatic amines is 1. The number of urea groups is 1. The number of likely N-dealkylation sites (tertiary alicyclic amines) is 3. The van der Waals surface area contributed by atoms with E-state index >= 15 is 0 Å². The fourth-order valence-corrected chi connectivity index (χ4v) is 9.08. The Morgan fingerprint density at radius 2 is 1.56 bits per heavy atom. The minimum atomic E-state index is -0.722. The summed E-state index contributed by atoms with van der Waals surface area (Å²) in [5.74, 6) is -0.0514. The Balaban J connectivity index is 1.04. The van der Waals surface area contributed by atoms with Gasteiger partial charge in [0.15, 0.2) is 0 Å². The van der Waals surface area contributed by atoms with E-state index in [-0.39, 0.29) is 23.7 Å². The maximum absolute atomic E-state index is 14.1. The molecule has 0 saturated carbocycles. The number of amides is 3. The van der Waals surface area contributed by atoms with Crippen LogP contribution in [0.15, 0.2) is 56.3 Å². The largest absolute Gasteiger partial charge is 0.397 e. The van der Waals surface area contributed by atoms with Gasteiger partial charge in [-0.25, -0.2) is 9.59 Å². The van der Waals surface area contributed by atoms with Crippen LogP contribution in [0.5, 0.6) is 0 Å². The minimum absolute atomic E-state index is 0.0514. The molecular formula is C35H42Br2N8O3. The van der Waals surface area contributed by atoms with Crippen LogP contribution in [0.2, 0.25) is 0 Å². The summed E-state index contributed by atoms with van der Waals surface area (Å²) < 4.78 is 3.27. The van der Waals surface area contributed by atoms with Gasteiger partial charge in [-0.3, -0.25) is 14.3 Å². The van der Waals surface area contributed by atoms with E-state index in [0.29, 0.717) is 57.2 Å². The van der Waals surface area contributed by atoms with Gasteiger partial charge in [0, 0.05) is 59.0 Å². The number of pyridine rings is 1. The number of piperidine rings is 3. The standard InChI is InChI=1S/C35H42Br2N8O3/c36-26-18-22(19-27(37)31(26)38)20-29(33(46)43-14-8-23(9-15-43)42-12-4-1-5-13-42)40-34(47)44-16-10-24(11-17-44)45-30-21-39-28-7-3-2-6-25(28)32(30)41-35(45)48/h2-3,6-7,18-19,21,23-24,29H,1,4-5,8-17,20,38H2,(H,40,47)(H,41,48)/t29-/m0/s1. The topological polar surface area (TPSA) is 133 Å². The van der Waals surface area contributed by atoms with Crippen molar-refractivity contribution in [3.8, 4) is 0 Å². The third kappa shape index (κ3) is 6.73. The fraction of sp³-hybridized carbons (Fsp3) is 0.486. The normalized spacial score (nSPS) is 19.2. The average molecular weight is 783 g/mol. The van der Waals surface area contributed by atoms with E-state index < -0.39 is 6.04 Å². The molecule has 4 N–H and O–H groups in total. The van der Waals surface area contributed by atoms with Crippen molar-refractivity contribution in [3.63, 3.8) is 0 Å². The van der Waals surface area contributed by atoms with Crippen molar-refractivity contribution >= 4 is 71.4 Å². The summed E-state index contributed by atoms with van der Waals surface area (Å²) in [5.41, 5.74) is 9.85. The van der Waals surface area contributed by atoms with Gasteiger partial charge in [0.1, 0.15) is 6.04 Å². The summed E-state index contributed by atoms with van der Waals surface area (Å²) >= 11 is 7.06. The monoisotopic (exact) mass is 780 g/mol. The van der Waals surface area contributed by atoms with Gasteiger partial charge in [-0.15, -0.1) is 0 Å². The molecule has 2 aromatic carbocycles. The molecule has 13 heteroatoms. The number of anilines is 1. The van der Waals surface area contributed by atoms with Crippen molar-refractivity contribution in [2.24, 2.45) is 0 Å². The number of nitrogens with zero attached hydrogens (tertiary/aromatic N) is 5. The first-order chi connectivity index (χ1) is 23.3. The lowest BCUT2D eigenvalue weighted by molar-refractivity contribution is -0.134. The van der Waals surface area contributed by atoms with E-state index in [0.717, 1.165) is 62.4 Å². The van der Waals surface area contributed by atoms with Crippen molar-refractivity contribution in [1.29, 1.82) is 0 Å². The molecule has 4 aromatic rings. The highest BCUT2D eigenvalue weighted by Crippen LogP contribution is 2.31. The molecule has 0 bridgehead atoms. The molecule has 11 nitrogen and oxygen atoms in total.